The largest absolute Gasteiger partial charge is 0.492 e. The smallest absolute Gasteiger partial charge is 0.238 e. The van der Waals surface area contributed by atoms with E-state index in [0.717, 1.165) is 19.4 Å². The standard InChI is InChI=1S/C17H25N3O3/c1-3-23-16-9-5-4-8-15(16)19-17(22)12-20-10-6-7-14(11-20)18-13(2)21/h4-5,8-9,14H,3,6-7,10-12H2,1-2H3,(H,18,21)(H,19,22). The number of carbonyl (C=O) groups is 2. The third kappa shape index (κ3) is 5.56. The summed E-state index contributed by atoms with van der Waals surface area (Å²) in [7, 11) is 0. The Labute approximate surface area is 137 Å². The molecule has 1 aromatic carbocycles. The third-order valence-corrected chi connectivity index (χ3v) is 3.74. The summed E-state index contributed by atoms with van der Waals surface area (Å²) in [5.41, 5.74) is 0.690. The molecule has 126 valence electrons. The molecule has 6 heteroatoms. The zero-order valence-electron chi connectivity index (χ0n) is 13.8. The van der Waals surface area contributed by atoms with Crippen LogP contribution in [-0.4, -0.2) is 49.0 Å². The Kier molecular flexibility index (Phi) is 6.40. The topological polar surface area (TPSA) is 70.7 Å². The van der Waals surface area contributed by atoms with Crippen LogP contribution in [0.1, 0.15) is 26.7 Å². The fraction of sp³-hybridized carbons (Fsp3) is 0.529. The number of piperidine rings is 1. The summed E-state index contributed by atoms with van der Waals surface area (Å²) in [6, 6.07) is 7.55. The maximum atomic E-state index is 12.3. The molecule has 2 N–H and O–H groups in total. The van der Waals surface area contributed by atoms with E-state index < -0.39 is 0 Å². The Hall–Kier alpha value is -2.08. The summed E-state index contributed by atoms with van der Waals surface area (Å²) in [6.07, 6.45) is 1.94. The van der Waals surface area contributed by atoms with E-state index in [2.05, 4.69) is 15.5 Å². The number of anilines is 1. The minimum Gasteiger partial charge on any atom is -0.492 e. The molecule has 1 saturated heterocycles. The summed E-state index contributed by atoms with van der Waals surface area (Å²) in [4.78, 5) is 25.5. The van der Waals surface area contributed by atoms with Crippen LogP contribution in [0.4, 0.5) is 5.69 Å². The highest BCUT2D eigenvalue weighted by atomic mass is 16.5. The van der Waals surface area contributed by atoms with Crippen LogP contribution in [0.5, 0.6) is 5.75 Å². The Morgan fingerprint density at radius 3 is 2.87 bits per heavy atom. The fourth-order valence-electron chi connectivity index (χ4n) is 2.85. The number of hydrogen-bond donors (Lipinski definition) is 2. The lowest BCUT2D eigenvalue weighted by Gasteiger charge is -2.32. The molecule has 2 rings (SSSR count). The Morgan fingerprint density at radius 2 is 2.13 bits per heavy atom. The summed E-state index contributed by atoms with van der Waals surface area (Å²) in [5, 5.41) is 5.83. The van der Waals surface area contributed by atoms with Crippen molar-refractivity contribution in [2.45, 2.75) is 32.7 Å². The van der Waals surface area contributed by atoms with Crippen molar-refractivity contribution in [1.82, 2.24) is 10.2 Å². The van der Waals surface area contributed by atoms with Gasteiger partial charge < -0.3 is 15.4 Å². The molecule has 1 aromatic rings. The number of likely N-dealkylation sites (tertiary alicyclic amines) is 1. The summed E-state index contributed by atoms with van der Waals surface area (Å²) in [6.45, 7) is 5.88. The van der Waals surface area contributed by atoms with E-state index in [0.29, 0.717) is 31.1 Å². The first-order valence-electron chi connectivity index (χ1n) is 8.09. The van der Waals surface area contributed by atoms with Gasteiger partial charge in [0.1, 0.15) is 5.75 Å². The fourth-order valence-corrected chi connectivity index (χ4v) is 2.85. The monoisotopic (exact) mass is 319 g/mol. The van der Waals surface area contributed by atoms with Crippen LogP contribution < -0.4 is 15.4 Å². The maximum absolute atomic E-state index is 12.3. The molecule has 1 aliphatic heterocycles. The van der Waals surface area contributed by atoms with Crippen LogP contribution in [0.25, 0.3) is 0 Å². The van der Waals surface area contributed by atoms with Crippen LogP contribution in [0.15, 0.2) is 24.3 Å². The molecule has 2 amide bonds. The SMILES string of the molecule is CCOc1ccccc1NC(=O)CN1CCCC(NC(C)=O)C1. The lowest BCUT2D eigenvalue weighted by Crippen LogP contribution is -2.49. The van der Waals surface area contributed by atoms with Gasteiger partial charge in [0.25, 0.3) is 0 Å². The van der Waals surface area contributed by atoms with Crippen molar-refractivity contribution in [3.8, 4) is 5.75 Å². The summed E-state index contributed by atoms with van der Waals surface area (Å²) in [5.74, 6) is 0.589. The van der Waals surface area contributed by atoms with E-state index in [1.807, 2.05) is 31.2 Å². The number of ether oxygens (including phenoxy) is 1. The zero-order chi connectivity index (χ0) is 16.7. The lowest BCUT2D eigenvalue weighted by atomic mass is 10.1. The van der Waals surface area contributed by atoms with Crippen molar-refractivity contribution in [3.05, 3.63) is 24.3 Å². The lowest BCUT2D eigenvalue weighted by molar-refractivity contribution is -0.120. The second-order valence-corrected chi connectivity index (χ2v) is 5.75. The van der Waals surface area contributed by atoms with Gasteiger partial charge in [-0.05, 0) is 38.4 Å². The molecular weight excluding hydrogens is 294 g/mol. The summed E-state index contributed by atoms with van der Waals surface area (Å²) < 4.78 is 5.51. The van der Waals surface area contributed by atoms with Crippen molar-refractivity contribution in [2.24, 2.45) is 0 Å². The average molecular weight is 319 g/mol. The first-order chi connectivity index (χ1) is 11.1. The van der Waals surface area contributed by atoms with Gasteiger partial charge in [-0.15, -0.1) is 0 Å². The number of hydrogen-bond acceptors (Lipinski definition) is 4. The number of benzene rings is 1. The van der Waals surface area contributed by atoms with E-state index in [1.165, 1.54) is 6.92 Å². The highest BCUT2D eigenvalue weighted by molar-refractivity contribution is 5.93. The van der Waals surface area contributed by atoms with Gasteiger partial charge in [0.2, 0.25) is 11.8 Å². The van der Waals surface area contributed by atoms with Gasteiger partial charge in [0, 0.05) is 19.5 Å². The van der Waals surface area contributed by atoms with Crippen molar-refractivity contribution >= 4 is 17.5 Å². The second kappa shape index (κ2) is 8.53. The van der Waals surface area contributed by atoms with E-state index in [-0.39, 0.29) is 17.9 Å². The molecular formula is C17H25N3O3. The van der Waals surface area contributed by atoms with E-state index in [4.69, 9.17) is 4.74 Å². The van der Waals surface area contributed by atoms with Crippen molar-refractivity contribution in [3.63, 3.8) is 0 Å². The first-order valence-corrected chi connectivity index (χ1v) is 8.09. The summed E-state index contributed by atoms with van der Waals surface area (Å²) >= 11 is 0. The number of nitrogens with one attached hydrogen (secondary N) is 2. The third-order valence-electron chi connectivity index (χ3n) is 3.74. The van der Waals surface area contributed by atoms with Crippen LogP contribution in [0, 0.1) is 0 Å². The molecule has 1 heterocycles. The van der Waals surface area contributed by atoms with Crippen molar-refractivity contribution in [2.75, 3.05) is 31.6 Å². The zero-order valence-corrected chi connectivity index (χ0v) is 13.8. The predicted octanol–water partition coefficient (Wildman–Crippen LogP) is 1.62. The highest BCUT2D eigenvalue weighted by Crippen LogP contribution is 2.23. The van der Waals surface area contributed by atoms with Gasteiger partial charge >= 0.3 is 0 Å². The first kappa shape index (κ1) is 17.3. The van der Waals surface area contributed by atoms with Crippen molar-refractivity contribution < 1.29 is 14.3 Å². The molecule has 1 fully saturated rings. The number of nitrogens with zero attached hydrogens (tertiary/aromatic N) is 1. The molecule has 0 saturated carbocycles. The molecule has 0 radical (unpaired) electrons. The number of para-hydroxylation sites is 2. The predicted molar refractivity (Wildman–Crippen MR) is 89.5 cm³/mol. The van der Waals surface area contributed by atoms with Gasteiger partial charge in [0.15, 0.2) is 0 Å². The number of amides is 2. The van der Waals surface area contributed by atoms with Gasteiger partial charge in [-0.1, -0.05) is 12.1 Å². The Balaban J connectivity index is 1.88. The second-order valence-electron chi connectivity index (χ2n) is 5.75. The number of carbonyl (C=O) groups excluding carboxylic acids is 2. The molecule has 6 nitrogen and oxygen atoms in total. The van der Waals surface area contributed by atoms with Crippen LogP contribution in [0.3, 0.4) is 0 Å². The highest BCUT2D eigenvalue weighted by Gasteiger charge is 2.22. The minimum absolute atomic E-state index is 0.0213. The Morgan fingerprint density at radius 1 is 1.35 bits per heavy atom. The molecule has 23 heavy (non-hydrogen) atoms. The van der Waals surface area contributed by atoms with Crippen LogP contribution in [0.2, 0.25) is 0 Å². The van der Waals surface area contributed by atoms with E-state index in [9.17, 15) is 9.59 Å². The van der Waals surface area contributed by atoms with Crippen molar-refractivity contribution in [1.29, 1.82) is 0 Å². The maximum Gasteiger partial charge on any atom is 0.238 e. The molecule has 1 aliphatic rings. The quantitative estimate of drug-likeness (QED) is 0.836. The average Bonchev–Trinajstić information content (AvgIpc) is 2.49. The van der Waals surface area contributed by atoms with E-state index in [1.54, 1.807) is 0 Å². The van der Waals surface area contributed by atoms with Gasteiger partial charge in [-0.2, -0.15) is 0 Å². The van der Waals surface area contributed by atoms with Crippen LogP contribution in [-0.2, 0) is 9.59 Å². The van der Waals surface area contributed by atoms with E-state index >= 15 is 0 Å². The Bertz CT molecular complexity index is 548. The molecule has 0 aliphatic carbocycles. The van der Waals surface area contributed by atoms with Gasteiger partial charge in [-0.25, -0.2) is 0 Å². The molecule has 0 aromatic heterocycles. The van der Waals surface area contributed by atoms with Gasteiger partial charge in [0.05, 0.1) is 18.8 Å². The van der Waals surface area contributed by atoms with Crippen LogP contribution >= 0.6 is 0 Å². The molecule has 1 unspecified atom stereocenters. The van der Waals surface area contributed by atoms with Gasteiger partial charge in [-0.3, -0.25) is 14.5 Å². The molecule has 0 bridgehead atoms. The number of rotatable bonds is 6. The minimum atomic E-state index is -0.0689. The molecule has 0 spiro atoms. The normalized spacial score (nSPS) is 18.3. The molecule has 1 atom stereocenters.